The predicted octanol–water partition coefficient (Wildman–Crippen LogP) is 3.26. The Labute approximate surface area is 117 Å². The van der Waals surface area contributed by atoms with Crippen molar-refractivity contribution >= 4 is 15.5 Å². The average Bonchev–Trinajstić information content (AvgIpc) is 2.37. The fourth-order valence-electron chi connectivity index (χ4n) is 1.74. The third kappa shape index (κ3) is 2.85. The van der Waals surface area contributed by atoms with Gasteiger partial charge in [0, 0.05) is 5.69 Å². The molecule has 0 saturated carbocycles. The first-order valence-corrected chi connectivity index (χ1v) is 7.08. The molecule has 0 saturated heterocycles. The monoisotopic (exact) mass is 319 g/mol. The molecule has 0 unspecified atom stereocenters. The smallest absolute Gasteiger partial charge is 0.398 e. The van der Waals surface area contributed by atoms with E-state index in [1.807, 2.05) is 0 Å². The third-order valence-corrected chi connectivity index (χ3v) is 4.55. The minimum absolute atomic E-state index is 0.400. The summed E-state index contributed by atoms with van der Waals surface area (Å²) in [6.45, 7) is 0. The normalized spacial score (nSPS) is 12.4. The second kappa shape index (κ2) is 5.03. The highest BCUT2D eigenvalue weighted by molar-refractivity contribution is 7.91. The molecule has 8 heteroatoms. The summed E-state index contributed by atoms with van der Waals surface area (Å²) in [7, 11) is -4.40. The Morgan fingerprint density at radius 1 is 1.00 bits per heavy atom. The molecule has 3 nitrogen and oxygen atoms in total. The van der Waals surface area contributed by atoms with E-state index in [-0.39, 0.29) is 0 Å². The number of hydrogen-bond acceptors (Lipinski definition) is 3. The van der Waals surface area contributed by atoms with Crippen molar-refractivity contribution in [1.29, 1.82) is 0 Å². The standard InChI is InChI=1S/C13H9F4NO2S/c14-10-3-1-2-4-12(10)21(19,20)8-5-6-11(18)9(7-8)13(15,16)17/h1-7H,18H2. The number of halogens is 4. The van der Waals surface area contributed by atoms with Gasteiger partial charge >= 0.3 is 6.18 Å². The lowest BCUT2D eigenvalue weighted by Gasteiger charge is -2.12. The quantitative estimate of drug-likeness (QED) is 0.683. The van der Waals surface area contributed by atoms with Crippen LogP contribution < -0.4 is 5.73 Å². The number of hydrogen-bond donors (Lipinski definition) is 1. The van der Waals surface area contributed by atoms with Crippen molar-refractivity contribution in [3.63, 3.8) is 0 Å². The molecule has 112 valence electrons. The molecule has 0 amide bonds. The molecule has 2 rings (SSSR count). The summed E-state index contributed by atoms with van der Waals surface area (Å²) >= 11 is 0. The lowest BCUT2D eigenvalue weighted by atomic mass is 10.2. The van der Waals surface area contributed by atoms with Gasteiger partial charge in [-0.1, -0.05) is 12.1 Å². The molecule has 2 aromatic carbocycles. The zero-order chi connectivity index (χ0) is 15.8. The first-order chi connectivity index (χ1) is 9.64. The molecule has 0 aromatic heterocycles. The van der Waals surface area contributed by atoms with Gasteiger partial charge in [-0.15, -0.1) is 0 Å². The van der Waals surface area contributed by atoms with Crippen LogP contribution in [0.25, 0.3) is 0 Å². The van der Waals surface area contributed by atoms with E-state index < -0.39 is 42.9 Å². The van der Waals surface area contributed by atoms with Crippen LogP contribution in [-0.4, -0.2) is 8.42 Å². The van der Waals surface area contributed by atoms with Crippen LogP contribution in [0.1, 0.15) is 5.56 Å². The number of benzene rings is 2. The van der Waals surface area contributed by atoms with E-state index in [1.54, 1.807) is 0 Å². The van der Waals surface area contributed by atoms with Crippen molar-refractivity contribution < 1.29 is 26.0 Å². The summed E-state index contributed by atoms with van der Waals surface area (Å²) in [6, 6.07) is 6.58. The maximum atomic E-state index is 13.6. The van der Waals surface area contributed by atoms with Crippen LogP contribution in [0.4, 0.5) is 23.2 Å². The maximum Gasteiger partial charge on any atom is 0.418 e. The van der Waals surface area contributed by atoms with E-state index in [1.165, 1.54) is 12.1 Å². The van der Waals surface area contributed by atoms with Gasteiger partial charge in [0.1, 0.15) is 10.7 Å². The van der Waals surface area contributed by atoms with Crippen molar-refractivity contribution in [2.45, 2.75) is 16.0 Å². The molecule has 0 aliphatic heterocycles. The molecule has 21 heavy (non-hydrogen) atoms. The van der Waals surface area contributed by atoms with E-state index >= 15 is 0 Å². The SMILES string of the molecule is Nc1ccc(S(=O)(=O)c2ccccc2F)cc1C(F)(F)F. The van der Waals surface area contributed by atoms with Crippen LogP contribution in [0.15, 0.2) is 52.3 Å². The van der Waals surface area contributed by atoms with Crippen molar-refractivity contribution in [2.24, 2.45) is 0 Å². The second-order valence-electron chi connectivity index (χ2n) is 4.18. The number of anilines is 1. The number of sulfone groups is 1. The van der Waals surface area contributed by atoms with Crippen molar-refractivity contribution in [3.8, 4) is 0 Å². The number of alkyl halides is 3. The van der Waals surface area contributed by atoms with Gasteiger partial charge in [-0.05, 0) is 30.3 Å². The zero-order valence-corrected chi connectivity index (χ0v) is 11.2. The molecule has 0 radical (unpaired) electrons. The molecule has 0 heterocycles. The molecule has 0 fully saturated rings. The summed E-state index contributed by atoms with van der Waals surface area (Å²) in [5.74, 6) is -1.04. The summed E-state index contributed by atoms with van der Waals surface area (Å²) in [4.78, 5) is -1.36. The molecule has 0 aliphatic rings. The number of nitrogen functional groups attached to an aromatic ring is 1. The van der Waals surface area contributed by atoms with Gasteiger partial charge in [-0.25, -0.2) is 12.8 Å². The fourth-order valence-corrected chi connectivity index (χ4v) is 3.09. The number of rotatable bonds is 2. The van der Waals surface area contributed by atoms with Gasteiger partial charge in [0.2, 0.25) is 9.84 Å². The van der Waals surface area contributed by atoms with E-state index in [2.05, 4.69) is 0 Å². The minimum atomic E-state index is -4.80. The second-order valence-corrected chi connectivity index (χ2v) is 6.10. The minimum Gasteiger partial charge on any atom is -0.398 e. The number of nitrogens with two attached hydrogens (primary N) is 1. The molecular formula is C13H9F4NO2S. The maximum absolute atomic E-state index is 13.6. The Bertz CT molecular complexity index is 785. The Morgan fingerprint density at radius 3 is 2.19 bits per heavy atom. The molecule has 0 aliphatic carbocycles. The predicted molar refractivity (Wildman–Crippen MR) is 67.7 cm³/mol. The van der Waals surface area contributed by atoms with Crippen molar-refractivity contribution in [1.82, 2.24) is 0 Å². The molecule has 0 spiro atoms. The highest BCUT2D eigenvalue weighted by atomic mass is 32.2. The van der Waals surface area contributed by atoms with E-state index in [4.69, 9.17) is 5.73 Å². The molecule has 0 atom stereocenters. The van der Waals surface area contributed by atoms with Crippen LogP contribution in [0.5, 0.6) is 0 Å². The van der Waals surface area contributed by atoms with Crippen LogP contribution in [-0.2, 0) is 16.0 Å². The Balaban J connectivity index is 2.65. The van der Waals surface area contributed by atoms with Gasteiger partial charge < -0.3 is 5.73 Å². The van der Waals surface area contributed by atoms with E-state index in [0.717, 1.165) is 24.3 Å². The Kier molecular flexibility index (Phi) is 3.66. The summed E-state index contributed by atoms with van der Waals surface area (Å²) in [5, 5.41) is 0. The Hall–Kier alpha value is -2.09. The van der Waals surface area contributed by atoms with Gasteiger partial charge in [-0.2, -0.15) is 13.2 Å². The van der Waals surface area contributed by atoms with E-state index in [9.17, 15) is 26.0 Å². The molecule has 2 N–H and O–H groups in total. The lowest BCUT2D eigenvalue weighted by Crippen LogP contribution is -2.12. The van der Waals surface area contributed by atoms with Crippen LogP contribution >= 0.6 is 0 Å². The summed E-state index contributed by atoms with van der Waals surface area (Å²) in [6.07, 6.45) is -4.80. The molecular weight excluding hydrogens is 310 g/mol. The van der Waals surface area contributed by atoms with Gasteiger partial charge in [-0.3, -0.25) is 0 Å². The first-order valence-electron chi connectivity index (χ1n) is 5.60. The van der Waals surface area contributed by atoms with Crippen molar-refractivity contribution in [2.75, 3.05) is 5.73 Å². The van der Waals surface area contributed by atoms with Gasteiger partial charge in [0.15, 0.2) is 0 Å². The largest absolute Gasteiger partial charge is 0.418 e. The zero-order valence-electron chi connectivity index (χ0n) is 10.4. The van der Waals surface area contributed by atoms with Crippen LogP contribution in [0.2, 0.25) is 0 Å². The fraction of sp³-hybridized carbons (Fsp3) is 0.0769. The van der Waals surface area contributed by atoms with Crippen LogP contribution in [0.3, 0.4) is 0 Å². The summed E-state index contributed by atoms with van der Waals surface area (Å²) in [5.41, 5.74) is 3.32. The highest BCUT2D eigenvalue weighted by Crippen LogP contribution is 2.36. The molecule has 2 aromatic rings. The van der Waals surface area contributed by atoms with E-state index in [0.29, 0.717) is 6.07 Å². The highest BCUT2D eigenvalue weighted by Gasteiger charge is 2.34. The topological polar surface area (TPSA) is 60.2 Å². The van der Waals surface area contributed by atoms with Crippen LogP contribution in [0, 0.1) is 5.82 Å². The first kappa shape index (κ1) is 15.3. The van der Waals surface area contributed by atoms with Gasteiger partial charge in [0.25, 0.3) is 0 Å². The third-order valence-electron chi connectivity index (χ3n) is 2.77. The lowest BCUT2D eigenvalue weighted by molar-refractivity contribution is -0.137. The summed E-state index contributed by atoms with van der Waals surface area (Å²) < 4.78 is 76.2. The molecule has 0 bridgehead atoms. The average molecular weight is 319 g/mol. The van der Waals surface area contributed by atoms with Gasteiger partial charge in [0.05, 0.1) is 10.5 Å². The van der Waals surface area contributed by atoms with Crippen molar-refractivity contribution in [3.05, 3.63) is 53.8 Å². The Morgan fingerprint density at radius 2 is 1.62 bits per heavy atom.